The van der Waals surface area contributed by atoms with Gasteiger partial charge in [-0.25, -0.2) is 4.98 Å². The Bertz CT molecular complexity index is 725. The third kappa shape index (κ3) is 3.18. The summed E-state index contributed by atoms with van der Waals surface area (Å²) in [6, 6.07) is 7.80. The molecule has 1 heterocycles. The zero-order valence-electron chi connectivity index (χ0n) is 13.8. The van der Waals surface area contributed by atoms with E-state index < -0.39 is 0 Å². The molecular weight excluding hydrogens is 320 g/mol. The lowest BCUT2D eigenvalue weighted by molar-refractivity contribution is -0.117. The quantitative estimate of drug-likeness (QED) is 0.865. The van der Waals surface area contributed by atoms with Gasteiger partial charge in [-0.2, -0.15) is 0 Å². The van der Waals surface area contributed by atoms with Crippen LogP contribution >= 0.6 is 11.3 Å². The molecule has 2 fully saturated rings. The van der Waals surface area contributed by atoms with Crippen LogP contribution in [0.1, 0.15) is 32.1 Å². The highest BCUT2D eigenvalue weighted by Gasteiger charge is 2.40. The maximum Gasteiger partial charge on any atom is 0.226 e. The molecule has 4 rings (SSSR count). The number of hydrogen-bond donors (Lipinski definition) is 1. The number of amides is 1. The molecule has 126 valence electrons. The minimum Gasteiger partial charge on any atom is -0.497 e. The average Bonchev–Trinajstić information content (AvgIpc) is 3.32. The standard InChI is InChI=1S/C19H22N2O2S/c1-23-16-6-4-13(5-7-16)17-11-24-19(20-17)21-18(22)10-15-9-12-2-3-14(15)8-12/h4-7,11-12,14-15H,2-3,8-10H2,1H3,(H,20,21,22)/t12-,14-,15-/m1/s1. The van der Waals surface area contributed by atoms with Crippen LogP contribution in [0.5, 0.6) is 5.75 Å². The normalized spacial score (nSPS) is 25.0. The van der Waals surface area contributed by atoms with E-state index in [4.69, 9.17) is 4.74 Å². The van der Waals surface area contributed by atoms with Gasteiger partial charge in [-0.3, -0.25) is 4.79 Å². The first-order chi connectivity index (χ1) is 11.7. The maximum atomic E-state index is 12.3. The zero-order valence-corrected chi connectivity index (χ0v) is 14.6. The minimum absolute atomic E-state index is 0.114. The predicted molar refractivity (Wildman–Crippen MR) is 96.3 cm³/mol. The molecule has 1 N–H and O–H groups in total. The first-order valence-corrected chi connectivity index (χ1v) is 9.49. The highest BCUT2D eigenvalue weighted by molar-refractivity contribution is 7.14. The van der Waals surface area contributed by atoms with Crippen molar-refractivity contribution in [2.45, 2.75) is 32.1 Å². The number of nitrogens with one attached hydrogen (secondary N) is 1. The minimum atomic E-state index is 0.114. The summed E-state index contributed by atoms with van der Waals surface area (Å²) in [6.07, 6.45) is 5.93. The molecule has 1 amide bonds. The van der Waals surface area contributed by atoms with Crippen molar-refractivity contribution in [3.05, 3.63) is 29.6 Å². The summed E-state index contributed by atoms with van der Waals surface area (Å²) in [4.78, 5) is 16.9. The molecule has 3 atom stereocenters. The van der Waals surface area contributed by atoms with Crippen LogP contribution in [0.2, 0.25) is 0 Å². The zero-order chi connectivity index (χ0) is 16.5. The topological polar surface area (TPSA) is 51.2 Å². The van der Waals surface area contributed by atoms with Crippen molar-refractivity contribution in [3.8, 4) is 17.0 Å². The van der Waals surface area contributed by atoms with Crippen LogP contribution in [0.3, 0.4) is 0 Å². The smallest absolute Gasteiger partial charge is 0.226 e. The molecule has 2 aliphatic carbocycles. The fraction of sp³-hybridized carbons (Fsp3) is 0.474. The van der Waals surface area contributed by atoms with Crippen LogP contribution < -0.4 is 10.1 Å². The van der Waals surface area contributed by atoms with E-state index in [1.165, 1.54) is 37.0 Å². The van der Waals surface area contributed by atoms with Crippen molar-refractivity contribution in [2.75, 3.05) is 12.4 Å². The molecule has 2 saturated carbocycles. The number of hydrogen-bond acceptors (Lipinski definition) is 4. The van der Waals surface area contributed by atoms with Crippen molar-refractivity contribution < 1.29 is 9.53 Å². The molecule has 0 unspecified atom stereocenters. The Morgan fingerprint density at radius 1 is 1.29 bits per heavy atom. The first kappa shape index (κ1) is 15.6. The van der Waals surface area contributed by atoms with Crippen LogP contribution in [0.25, 0.3) is 11.3 Å². The van der Waals surface area contributed by atoms with Gasteiger partial charge in [0.05, 0.1) is 12.8 Å². The SMILES string of the molecule is COc1ccc(-c2csc(NC(=O)C[C@H]3C[C@@H]4CC[C@@H]3C4)n2)cc1. The van der Waals surface area contributed by atoms with Gasteiger partial charge in [-0.05, 0) is 61.3 Å². The molecule has 2 bridgehead atoms. The van der Waals surface area contributed by atoms with Crippen LogP contribution in [0.15, 0.2) is 29.6 Å². The van der Waals surface area contributed by atoms with Gasteiger partial charge in [-0.1, -0.05) is 6.42 Å². The molecule has 1 aromatic heterocycles. The molecular formula is C19H22N2O2S. The van der Waals surface area contributed by atoms with Crippen molar-refractivity contribution >= 4 is 22.4 Å². The van der Waals surface area contributed by atoms with E-state index in [1.54, 1.807) is 7.11 Å². The van der Waals surface area contributed by atoms with Gasteiger partial charge < -0.3 is 10.1 Å². The van der Waals surface area contributed by atoms with E-state index in [0.717, 1.165) is 28.8 Å². The Kier molecular flexibility index (Phi) is 4.27. The predicted octanol–water partition coefficient (Wildman–Crippen LogP) is 4.58. The summed E-state index contributed by atoms with van der Waals surface area (Å²) in [5.41, 5.74) is 1.92. The van der Waals surface area contributed by atoms with Crippen molar-refractivity contribution in [1.82, 2.24) is 4.98 Å². The van der Waals surface area contributed by atoms with Gasteiger partial charge in [0.15, 0.2) is 5.13 Å². The van der Waals surface area contributed by atoms with Gasteiger partial charge in [0.2, 0.25) is 5.91 Å². The maximum absolute atomic E-state index is 12.3. The van der Waals surface area contributed by atoms with E-state index in [9.17, 15) is 4.79 Å². The van der Waals surface area contributed by atoms with Gasteiger partial charge >= 0.3 is 0 Å². The Balaban J connectivity index is 1.36. The van der Waals surface area contributed by atoms with Crippen LogP contribution in [0.4, 0.5) is 5.13 Å². The number of carbonyl (C=O) groups excluding carboxylic acids is 1. The largest absolute Gasteiger partial charge is 0.497 e. The van der Waals surface area contributed by atoms with Crippen LogP contribution in [-0.2, 0) is 4.79 Å². The van der Waals surface area contributed by atoms with E-state index in [1.807, 2.05) is 29.6 Å². The Hall–Kier alpha value is -1.88. The van der Waals surface area contributed by atoms with Crippen LogP contribution in [-0.4, -0.2) is 18.0 Å². The molecule has 0 aliphatic heterocycles. The number of rotatable bonds is 5. The van der Waals surface area contributed by atoms with E-state index >= 15 is 0 Å². The third-order valence-corrected chi connectivity index (χ3v) is 6.23. The van der Waals surface area contributed by atoms with Crippen LogP contribution in [0, 0.1) is 17.8 Å². The number of carbonyl (C=O) groups is 1. The molecule has 0 saturated heterocycles. The Morgan fingerprint density at radius 2 is 2.12 bits per heavy atom. The second-order valence-electron chi connectivity index (χ2n) is 6.95. The molecule has 0 spiro atoms. The van der Waals surface area contributed by atoms with Gasteiger partial charge in [0.1, 0.15) is 5.75 Å². The fourth-order valence-electron chi connectivity index (χ4n) is 4.26. The summed E-state index contributed by atoms with van der Waals surface area (Å²) >= 11 is 1.48. The molecule has 4 nitrogen and oxygen atoms in total. The highest BCUT2D eigenvalue weighted by atomic mass is 32.1. The molecule has 5 heteroatoms. The highest BCUT2D eigenvalue weighted by Crippen LogP contribution is 2.49. The summed E-state index contributed by atoms with van der Waals surface area (Å²) in [6.45, 7) is 0. The summed E-state index contributed by atoms with van der Waals surface area (Å²) in [5.74, 6) is 3.20. The number of anilines is 1. The number of methoxy groups -OCH3 is 1. The van der Waals surface area contributed by atoms with E-state index in [0.29, 0.717) is 17.5 Å². The number of nitrogens with zero attached hydrogens (tertiary/aromatic N) is 1. The molecule has 0 radical (unpaired) electrons. The molecule has 2 aliphatic rings. The van der Waals surface area contributed by atoms with Crippen molar-refractivity contribution in [2.24, 2.45) is 17.8 Å². The first-order valence-electron chi connectivity index (χ1n) is 8.61. The lowest BCUT2D eigenvalue weighted by atomic mass is 9.86. The molecule has 1 aromatic carbocycles. The summed E-state index contributed by atoms with van der Waals surface area (Å²) in [5, 5.41) is 5.65. The molecule has 24 heavy (non-hydrogen) atoms. The van der Waals surface area contributed by atoms with E-state index in [2.05, 4.69) is 10.3 Å². The van der Waals surface area contributed by atoms with Gasteiger partial charge in [0.25, 0.3) is 0 Å². The lowest BCUT2D eigenvalue weighted by Gasteiger charge is -2.20. The van der Waals surface area contributed by atoms with E-state index in [-0.39, 0.29) is 5.91 Å². The second kappa shape index (κ2) is 6.55. The monoisotopic (exact) mass is 342 g/mol. The lowest BCUT2D eigenvalue weighted by Crippen LogP contribution is -2.20. The van der Waals surface area contributed by atoms with Gasteiger partial charge in [0, 0.05) is 17.4 Å². The Labute approximate surface area is 146 Å². The second-order valence-corrected chi connectivity index (χ2v) is 7.81. The van der Waals surface area contributed by atoms with Crippen molar-refractivity contribution in [3.63, 3.8) is 0 Å². The average molecular weight is 342 g/mol. The number of fused-ring (bicyclic) bond motifs is 2. The molecule has 2 aromatic rings. The summed E-state index contributed by atoms with van der Waals surface area (Å²) in [7, 11) is 1.65. The van der Waals surface area contributed by atoms with Crippen molar-refractivity contribution in [1.29, 1.82) is 0 Å². The number of benzene rings is 1. The Morgan fingerprint density at radius 3 is 2.79 bits per heavy atom. The number of aromatic nitrogens is 1. The third-order valence-electron chi connectivity index (χ3n) is 5.47. The van der Waals surface area contributed by atoms with Gasteiger partial charge in [-0.15, -0.1) is 11.3 Å². The number of thiazole rings is 1. The fourth-order valence-corrected chi connectivity index (χ4v) is 5.00. The summed E-state index contributed by atoms with van der Waals surface area (Å²) < 4.78 is 5.17. The number of ether oxygens (including phenoxy) is 1.